The fourth-order valence-corrected chi connectivity index (χ4v) is 4.68. The molecule has 2 heterocycles. The van der Waals surface area contributed by atoms with Crippen molar-refractivity contribution in [3.63, 3.8) is 0 Å². The van der Waals surface area contributed by atoms with Crippen LogP contribution in [0.2, 0.25) is 0 Å². The topological polar surface area (TPSA) is 38.1 Å². The van der Waals surface area contributed by atoms with E-state index in [-0.39, 0.29) is 11.8 Å². The molecular weight excluding hydrogens is 394 g/mol. The number of hydrogen-bond donors (Lipinski definition) is 0. The number of fused-ring (bicyclic) bond motifs is 1. The van der Waals surface area contributed by atoms with E-state index in [0.717, 1.165) is 34.7 Å². The fourth-order valence-electron chi connectivity index (χ4n) is 4.68. The van der Waals surface area contributed by atoms with Crippen LogP contribution in [0.1, 0.15) is 34.9 Å². The van der Waals surface area contributed by atoms with E-state index in [1.165, 1.54) is 11.1 Å². The Morgan fingerprint density at radius 3 is 2.59 bits per heavy atom. The van der Waals surface area contributed by atoms with Gasteiger partial charge in [0, 0.05) is 31.1 Å². The first-order valence-corrected chi connectivity index (χ1v) is 11.1. The minimum Gasteiger partial charge on any atom is -0.324 e. The number of nitrogens with zero attached hydrogens (tertiary/aromatic N) is 3. The zero-order valence-corrected chi connectivity index (χ0v) is 18.5. The van der Waals surface area contributed by atoms with Crippen LogP contribution in [0.15, 0.2) is 78.9 Å². The zero-order valence-electron chi connectivity index (χ0n) is 18.5. The lowest BCUT2D eigenvalue weighted by molar-refractivity contribution is -0.117. The molecule has 0 bridgehead atoms. The number of anilines is 1. The van der Waals surface area contributed by atoms with E-state index in [0.29, 0.717) is 13.0 Å². The highest BCUT2D eigenvalue weighted by molar-refractivity contribution is 5.97. The summed E-state index contributed by atoms with van der Waals surface area (Å²) < 4.78 is 2.26. The Hall–Kier alpha value is -3.66. The van der Waals surface area contributed by atoms with Gasteiger partial charge in [-0.1, -0.05) is 72.3 Å². The Balaban J connectivity index is 1.47. The fraction of sp³-hybridized carbons (Fsp3) is 0.214. The molecule has 1 aliphatic rings. The number of rotatable bonds is 5. The Morgan fingerprint density at radius 1 is 1.00 bits per heavy atom. The van der Waals surface area contributed by atoms with Gasteiger partial charge in [-0.15, -0.1) is 0 Å². The number of para-hydroxylation sites is 2. The predicted octanol–water partition coefficient (Wildman–Crippen LogP) is 5.89. The minimum absolute atomic E-state index is 0.0701. The van der Waals surface area contributed by atoms with Gasteiger partial charge in [0.1, 0.15) is 5.82 Å². The van der Waals surface area contributed by atoms with Gasteiger partial charge in [-0.2, -0.15) is 0 Å². The molecule has 160 valence electrons. The number of allylic oxidation sites excluding steroid dienone is 1. The highest BCUT2D eigenvalue weighted by Crippen LogP contribution is 2.34. The van der Waals surface area contributed by atoms with Crippen LogP contribution in [-0.4, -0.2) is 22.0 Å². The quantitative estimate of drug-likeness (QED) is 0.403. The summed E-state index contributed by atoms with van der Waals surface area (Å²) in [6.07, 6.45) is 4.80. The molecule has 5 rings (SSSR count). The lowest BCUT2D eigenvalue weighted by atomic mass is 10.1. The molecule has 0 aliphatic carbocycles. The second kappa shape index (κ2) is 8.46. The summed E-state index contributed by atoms with van der Waals surface area (Å²) in [4.78, 5) is 19.9. The molecule has 4 heteroatoms. The van der Waals surface area contributed by atoms with Crippen LogP contribution in [0.25, 0.3) is 17.1 Å². The highest BCUT2D eigenvalue weighted by Gasteiger charge is 2.35. The summed E-state index contributed by atoms with van der Waals surface area (Å²) >= 11 is 0. The number of hydrogen-bond acceptors (Lipinski definition) is 2. The third-order valence-electron chi connectivity index (χ3n) is 6.22. The van der Waals surface area contributed by atoms with Gasteiger partial charge in [-0.3, -0.25) is 4.79 Å². The van der Waals surface area contributed by atoms with Gasteiger partial charge >= 0.3 is 0 Å². The van der Waals surface area contributed by atoms with Gasteiger partial charge in [0.25, 0.3) is 0 Å². The van der Waals surface area contributed by atoms with Crippen LogP contribution in [0, 0.1) is 13.8 Å². The Kier molecular flexibility index (Phi) is 5.36. The van der Waals surface area contributed by atoms with E-state index < -0.39 is 0 Å². The maximum Gasteiger partial charge on any atom is 0.227 e. The summed E-state index contributed by atoms with van der Waals surface area (Å²) in [6, 6.07) is 24.8. The van der Waals surface area contributed by atoms with Gasteiger partial charge in [0.15, 0.2) is 0 Å². The Labute approximate surface area is 188 Å². The van der Waals surface area contributed by atoms with Gasteiger partial charge < -0.3 is 9.47 Å². The van der Waals surface area contributed by atoms with Gasteiger partial charge in [0.05, 0.1) is 11.0 Å². The van der Waals surface area contributed by atoms with Crippen molar-refractivity contribution in [3.8, 4) is 0 Å². The average molecular weight is 422 g/mol. The first-order chi connectivity index (χ1) is 15.6. The molecule has 1 fully saturated rings. The Bertz CT molecular complexity index is 1300. The molecule has 0 spiro atoms. The van der Waals surface area contributed by atoms with E-state index >= 15 is 0 Å². The molecule has 1 saturated heterocycles. The SMILES string of the molecule is Cc1ccc(N2C[C@H](c3nc4ccccc4n3C/C=C/c3ccccc3)CC2=O)c(C)c1. The summed E-state index contributed by atoms with van der Waals surface area (Å²) in [6.45, 7) is 5.54. The predicted molar refractivity (Wildman–Crippen MR) is 131 cm³/mol. The number of amides is 1. The van der Waals surface area contributed by atoms with Gasteiger partial charge in [0.2, 0.25) is 5.91 Å². The Morgan fingerprint density at radius 2 is 1.78 bits per heavy atom. The van der Waals surface area contributed by atoms with Crippen LogP contribution in [0.4, 0.5) is 5.69 Å². The van der Waals surface area contributed by atoms with E-state index in [1.54, 1.807) is 0 Å². The van der Waals surface area contributed by atoms with E-state index in [9.17, 15) is 4.79 Å². The third-order valence-corrected chi connectivity index (χ3v) is 6.22. The monoisotopic (exact) mass is 421 g/mol. The number of aryl methyl sites for hydroxylation is 2. The lowest BCUT2D eigenvalue weighted by Gasteiger charge is -2.20. The number of benzene rings is 3. The van der Waals surface area contributed by atoms with E-state index in [1.807, 2.05) is 35.2 Å². The van der Waals surface area contributed by atoms with E-state index in [2.05, 4.69) is 73.0 Å². The summed E-state index contributed by atoms with van der Waals surface area (Å²) in [5, 5.41) is 0. The maximum atomic E-state index is 13.0. The molecule has 32 heavy (non-hydrogen) atoms. The smallest absolute Gasteiger partial charge is 0.227 e. The minimum atomic E-state index is 0.0701. The number of carbonyl (C=O) groups excluding carboxylic acids is 1. The molecule has 4 nitrogen and oxygen atoms in total. The largest absolute Gasteiger partial charge is 0.324 e. The highest BCUT2D eigenvalue weighted by atomic mass is 16.2. The van der Waals surface area contributed by atoms with Crippen molar-refractivity contribution in [1.82, 2.24) is 9.55 Å². The molecule has 1 aromatic heterocycles. The van der Waals surface area contributed by atoms with Crippen molar-refractivity contribution in [2.45, 2.75) is 32.7 Å². The first kappa shape index (κ1) is 20.3. The molecule has 0 N–H and O–H groups in total. The average Bonchev–Trinajstić information content (AvgIpc) is 3.35. The van der Waals surface area contributed by atoms with Crippen LogP contribution in [0.3, 0.4) is 0 Å². The molecule has 1 aliphatic heterocycles. The molecule has 1 amide bonds. The molecule has 1 atom stereocenters. The molecule has 4 aromatic rings. The summed E-state index contributed by atoms with van der Waals surface area (Å²) in [5.74, 6) is 1.23. The summed E-state index contributed by atoms with van der Waals surface area (Å²) in [7, 11) is 0. The number of aromatic nitrogens is 2. The van der Waals surface area contributed by atoms with Crippen LogP contribution in [0.5, 0.6) is 0 Å². The lowest BCUT2D eigenvalue weighted by Crippen LogP contribution is -2.25. The molecule has 0 saturated carbocycles. The van der Waals surface area contributed by atoms with Crippen molar-refractivity contribution in [1.29, 1.82) is 0 Å². The first-order valence-electron chi connectivity index (χ1n) is 11.1. The van der Waals surface area contributed by atoms with Crippen LogP contribution in [-0.2, 0) is 11.3 Å². The molecular formula is C28H27N3O. The second-order valence-corrected chi connectivity index (χ2v) is 8.58. The third kappa shape index (κ3) is 3.84. The van der Waals surface area contributed by atoms with Gasteiger partial charge in [-0.05, 0) is 43.2 Å². The van der Waals surface area contributed by atoms with Crippen LogP contribution >= 0.6 is 0 Å². The van der Waals surface area contributed by atoms with E-state index in [4.69, 9.17) is 4.98 Å². The molecule has 3 aromatic carbocycles. The number of imidazole rings is 1. The van der Waals surface area contributed by atoms with Crippen molar-refractivity contribution >= 4 is 28.7 Å². The van der Waals surface area contributed by atoms with Crippen molar-refractivity contribution < 1.29 is 4.79 Å². The standard InChI is InChI=1S/C28H27N3O/c1-20-14-15-25(21(2)17-20)31-19-23(18-27(31)32)28-29-24-12-6-7-13-26(24)30(28)16-8-11-22-9-4-3-5-10-22/h3-15,17,23H,16,18-19H2,1-2H3/b11-8+/t23-/m1/s1. The van der Waals surface area contributed by atoms with Crippen molar-refractivity contribution in [3.05, 3.63) is 101 Å². The molecule has 0 unspecified atom stereocenters. The van der Waals surface area contributed by atoms with Crippen molar-refractivity contribution in [2.24, 2.45) is 0 Å². The van der Waals surface area contributed by atoms with Gasteiger partial charge in [-0.25, -0.2) is 4.98 Å². The normalized spacial score (nSPS) is 16.5. The second-order valence-electron chi connectivity index (χ2n) is 8.58. The molecule has 0 radical (unpaired) electrons. The summed E-state index contributed by atoms with van der Waals surface area (Å²) in [5.41, 5.74) is 6.62. The van der Waals surface area contributed by atoms with Crippen molar-refractivity contribution in [2.75, 3.05) is 11.4 Å². The maximum absolute atomic E-state index is 13.0. The zero-order chi connectivity index (χ0) is 22.1. The van der Waals surface area contributed by atoms with Crippen LogP contribution < -0.4 is 4.90 Å². The number of carbonyl (C=O) groups is 1.